The number of hydrogen-bond donors (Lipinski definition) is 1. The minimum Gasteiger partial charge on any atom is -0.357 e. The SMILES string of the molecule is CCCNCc1cc(F)cnc1N(C)C(C)CC(C)C. The second-order valence-electron chi connectivity index (χ2n) is 5.90. The average molecular weight is 281 g/mol. The van der Waals surface area contributed by atoms with Crippen molar-refractivity contribution in [3.05, 3.63) is 23.6 Å². The van der Waals surface area contributed by atoms with Crippen molar-refractivity contribution in [3.8, 4) is 0 Å². The molecule has 0 aliphatic heterocycles. The zero-order chi connectivity index (χ0) is 15.1. The Labute approximate surface area is 122 Å². The summed E-state index contributed by atoms with van der Waals surface area (Å²) in [7, 11) is 2.04. The highest BCUT2D eigenvalue weighted by molar-refractivity contribution is 5.47. The molecule has 1 unspecified atom stereocenters. The van der Waals surface area contributed by atoms with Crippen molar-refractivity contribution in [1.29, 1.82) is 0 Å². The van der Waals surface area contributed by atoms with E-state index in [9.17, 15) is 4.39 Å². The smallest absolute Gasteiger partial charge is 0.141 e. The normalized spacial score (nSPS) is 12.8. The lowest BCUT2D eigenvalue weighted by molar-refractivity contribution is 0.500. The van der Waals surface area contributed by atoms with Crippen molar-refractivity contribution in [1.82, 2.24) is 10.3 Å². The third-order valence-corrected chi connectivity index (χ3v) is 3.46. The second kappa shape index (κ2) is 8.20. The Morgan fingerprint density at radius 2 is 2.05 bits per heavy atom. The van der Waals surface area contributed by atoms with E-state index < -0.39 is 0 Å². The van der Waals surface area contributed by atoms with Gasteiger partial charge in [-0.1, -0.05) is 20.8 Å². The molecule has 0 fully saturated rings. The molecule has 20 heavy (non-hydrogen) atoms. The Hall–Kier alpha value is -1.16. The molecule has 0 bridgehead atoms. The van der Waals surface area contributed by atoms with Crippen LogP contribution in [0, 0.1) is 11.7 Å². The molecule has 1 aromatic rings. The number of pyridine rings is 1. The van der Waals surface area contributed by atoms with Crippen LogP contribution in [0.15, 0.2) is 12.3 Å². The Morgan fingerprint density at radius 1 is 1.35 bits per heavy atom. The number of nitrogens with one attached hydrogen (secondary N) is 1. The molecule has 0 aromatic carbocycles. The van der Waals surface area contributed by atoms with Crippen LogP contribution in [0.2, 0.25) is 0 Å². The van der Waals surface area contributed by atoms with Crippen molar-refractivity contribution >= 4 is 5.82 Å². The zero-order valence-corrected chi connectivity index (χ0v) is 13.4. The van der Waals surface area contributed by atoms with Crippen LogP contribution in [0.1, 0.15) is 46.1 Å². The summed E-state index contributed by atoms with van der Waals surface area (Å²) < 4.78 is 13.4. The molecule has 0 aliphatic carbocycles. The minimum atomic E-state index is -0.271. The van der Waals surface area contributed by atoms with Gasteiger partial charge in [0, 0.05) is 25.2 Å². The predicted molar refractivity (Wildman–Crippen MR) is 83.5 cm³/mol. The summed E-state index contributed by atoms with van der Waals surface area (Å²) in [4.78, 5) is 6.45. The van der Waals surface area contributed by atoms with Crippen LogP contribution in [-0.4, -0.2) is 24.6 Å². The summed E-state index contributed by atoms with van der Waals surface area (Å²) in [5.41, 5.74) is 0.927. The van der Waals surface area contributed by atoms with Gasteiger partial charge in [0.1, 0.15) is 11.6 Å². The summed E-state index contributed by atoms with van der Waals surface area (Å²) in [6.07, 6.45) is 3.46. The van der Waals surface area contributed by atoms with E-state index in [4.69, 9.17) is 0 Å². The van der Waals surface area contributed by atoms with Crippen LogP contribution in [0.25, 0.3) is 0 Å². The molecule has 1 heterocycles. The summed E-state index contributed by atoms with van der Waals surface area (Å²) in [6, 6.07) is 1.97. The summed E-state index contributed by atoms with van der Waals surface area (Å²) in [6.45, 7) is 10.3. The largest absolute Gasteiger partial charge is 0.357 e. The Morgan fingerprint density at radius 3 is 2.65 bits per heavy atom. The highest BCUT2D eigenvalue weighted by atomic mass is 19.1. The number of rotatable bonds is 8. The standard InChI is InChI=1S/C16H28FN3/c1-6-7-18-10-14-9-15(17)11-19-16(14)20(5)13(4)8-12(2)3/h9,11-13,18H,6-8,10H2,1-5H3. The van der Waals surface area contributed by atoms with E-state index in [1.807, 2.05) is 7.05 Å². The Bertz CT molecular complexity index is 407. The number of aromatic nitrogens is 1. The van der Waals surface area contributed by atoms with Gasteiger partial charge in [-0.15, -0.1) is 0 Å². The van der Waals surface area contributed by atoms with Crippen molar-refractivity contribution in [2.45, 2.75) is 53.1 Å². The van der Waals surface area contributed by atoms with Gasteiger partial charge in [0.25, 0.3) is 0 Å². The molecule has 0 radical (unpaired) electrons. The first-order valence-electron chi connectivity index (χ1n) is 7.53. The van der Waals surface area contributed by atoms with E-state index in [0.717, 1.165) is 30.8 Å². The highest BCUT2D eigenvalue weighted by Crippen LogP contribution is 2.22. The fourth-order valence-corrected chi connectivity index (χ4v) is 2.37. The Kier molecular flexibility index (Phi) is 6.93. The van der Waals surface area contributed by atoms with Gasteiger partial charge in [0.05, 0.1) is 6.20 Å². The van der Waals surface area contributed by atoms with Gasteiger partial charge in [0.2, 0.25) is 0 Å². The molecule has 0 saturated heterocycles. The molecule has 0 amide bonds. The maximum atomic E-state index is 13.4. The quantitative estimate of drug-likeness (QED) is 0.738. The first-order chi connectivity index (χ1) is 9.45. The van der Waals surface area contributed by atoms with Gasteiger partial charge in [-0.3, -0.25) is 0 Å². The monoisotopic (exact) mass is 281 g/mol. The van der Waals surface area contributed by atoms with Gasteiger partial charge in [-0.2, -0.15) is 0 Å². The number of anilines is 1. The van der Waals surface area contributed by atoms with Gasteiger partial charge >= 0.3 is 0 Å². The first-order valence-corrected chi connectivity index (χ1v) is 7.53. The molecule has 114 valence electrons. The molecule has 0 aliphatic rings. The molecular weight excluding hydrogens is 253 g/mol. The van der Waals surface area contributed by atoms with E-state index in [1.54, 1.807) is 6.07 Å². The van der Waals surface area contributed by atoms with Gasteiger partial charge in [0.15, 0.2) is 0 Å². The molecule has 1 rings (SSSR count). The molecule has 0 spiro atoms. The fourth-order valence-electron chi connectivity index (χ4n) is 2.37. The topological polar surface area (TPSA) is 28.2 Å². The number of halogens is 1. The fraction of sp³-hybridized carbons (Fsp3) is 0.688. The minimum absolute atomic E-state index is 0.271. The van der Waals surface area contributed by atoms with E-state index in [0.29, 0.717) is 18.5 Å². The van der Waals surface area contributed by atoms with E-state index in [2.05, 4.69) is 42.9 Å². The molecule has 1 aromatic heterocycles. The lowest BCUT2D eigenvalue weighted by atomic mass is 10.0. The molecule has 4 heteroatoms. The third-order valence-electron chi connectivity index (χ3n) is 3.46. The van der Waals surface area contributed by atoms with Crippen LogP contribution >= 0.6 is 0 Å². The molecule has 0 saturated carbocycles. The maximum Gasteiger partial charge on any atom is 0.141 e. The van der Waals surface area contributed by atoms with Gasteiger partial charge < -0.3 is 10.2 Å². The molecular formula is C16H28FN3. The summed E-state index contributed by atoms with van der Waals surface area (Å²) in [5.74, 6) is 1.24. The number of hydrogen-bond acceptors (Lipinski definition) is 3. The van der Waals surface area contributed by atoms with Crippen LogP contribution < -0.4 is 10.2 Å². The van der Waals surface area contributed by atoms with Crippen LogP contribution in [-0.2, 0) is 6.54 Å². The second-order valence-corrected chi connectivity index (χ2v) is 5.90. The van der Waals surface area contributed by atoms with Crippen molar-refractivity contribution in [3.63, 3.8) is 0 Å². The van der Waals surface area contributed by atoms with Crippen LogP contribution in [0.4, 0.5) is 10.2 Å². The van der Waals surface area contributed by atoms with Crippen molar-refractivity contribution in [2.24, 2.45) is 5.92 Å². The summed E-state index contributed by atoms with van der Waals surface area (Å²) in [5, 5.41) is 3.32. The van der Waals surface area contributed by atoms with E-state index in [1.165, 1.54) is 6.20 Å². The van der Waals surface area contributed by atoms with E-state index in [-0.39, 0.29) is 5.82 Å². The van der Waals surface area contributed by atoms with E-state index >= 15 is 0 Å². The maximum absolute atomic E-state index is 13.4. The van der Waals surface area contributed by atoms with Gasteiger partial charge in [-0.05, 0) is 38.3 Å². The zero-order valence-electron chi connectivity index (χ0n) is 13.4. The highest BCUT2D eigenvalue weighted by Gasteiger charge is 2.16. The first kappa shape index (κ1) is 16.9. The van der Waals surface area contributed by atoms with Crippen LogP contribution in [0.5, 0.6) is 0 Å². The summed E-state index contributed by atoms with van der Waals surface area (Å²) >= 11 is 0. The molecule has 3 nitrogen and oxygen atoms in total. The van der Waals surface area contributed by atoms with Crippen molar-refractivity contribution in [2.75, 3.05) is 18.5 Å². The lowest BCUT2D eigenvalue weighted by Gasteiger charge is -2.29. The predicted octanol–water partition coefficient (Wildman–Crippen LogP) is 3.59. The third kappa shape index (κ3) is 5.08. The lowest BCUT2D eigenvalue weighted by Crippen LogP contribution is -2.32. The Balaban J connectivity index is 2.86. The number of nitrogens with zero attached hydrogens (tertiary/aromatic N) is 2. The molecule has 1 N–H and O–H groups in total. The molecule has 1 atom stereocenters. The average Bonchev–Trinajstić information content (AvgIpc) is 2.37. The van der Waals surface area contributed by atoms with Crippen molar-refractivity contribution < 1.29 is 4.39 Å². The van der Waals surface area contributed by atoms with Gasteiger partial charge in [-0.25, -0.2) is 9.37 Å². The van der Waals surface area contributed by atoms with Crippen LogP contribution in [0.3, 0.4) is 0 Å².